The van der Waals surface area contributed by atoms with E-state index in [0.717, 1.165) is 23.4 Å². The molecular weight excluding hydrogens is 238 g/mol. The average Bonchev–Trinajstić information content (AvgIpc) is 2.42. The Kier molecular flexibility index (Phi) is 4.81. The fraction of sp³-hybridized carbons (Fsp3) is 0.250. The van der Waals surface area contributed by atoms with Gasteiger partial charge in [-0.1, -0.05) is 24.3 Å². The summed E-state index contributed by atoms with van der Waals surface area (Å²) in [5.41, 5.74) is 8.78. The molecule has 0 aliphatic heterocycles. The quantitative estimate of drug-likeness (QED) is 0.809. The summed E-state index contributed by atoms with van der Waals surface area (Å²) in [6.45, 7) is 1.26. The first-order valence-corrected chi connectivity index (χ1v) is 6.33. The monoisotopic (exact) mass is 257 g/mol. The highest BCUT2D eigenvalue weighted by atomic mass is 16.5. The molecule has 2 rings (SSSR count). The van der Waals surface area contributed by atoms with Crippen LogP contribution in [0.1, 0.15) is 11.1 Å². The smallest absolute Gasteiger partial charge is 0.119 e. The normalized spacial score (nSPS) is 10.4. The van der Waals surface area contributed by atoms with Gasteiger partial charge >= 0.3 is 0 Å². The third kappa shape index (κ3) is 4.30. The summed E-state index contributed by atoms with van der Waals surface area (Å²) in [5.74, 6) is 0.880. The van der Waals surface area contributed by atoms with Crippen molar-refractivity contribution >= 4 is 5.69 Å². The van der Waals surface area contributed by atoms with Gasteiger partial charge in [-0.2, -0.15) is 0 Å². The molecule has 0 amide bonds. The van der Waals surface area contributed by atoms with Crippen LogP contribution in [0.3, 0.4) is 0 Å². The summed E-state index contributed by atoms with van der Waals surface area (Å²) in [5, 5.41) is 0. The summed E-state index contributed by atoms with van der Waals surface area (Å²) in [6, 6.07) is 15.8. The molecule has 0 aliphatic rings. The number of methoxy groups -OCH3 is 1. The van der Waals surface area contributed by atoms with Gasteiger partial charge in [0.1, 0.15) is 5.75 Å². The molecule has 2 aromatic rings. The Balaban J connectivity index is 1.85. The zero-order chi connectivity index (χ0) is 13.5. The van der Waals surface area contributed by atoms with Gasteiger partial charge in [0.15, 0.2) is 0 Å². The third-order valence-electron chi connectivity index (χ3n) is 2.85. The van der Waals surface area contributed by atoms with Crippen molar-refractivity contribution in [1.29, 1.82) is 0 Å². The van der Waals surface area contributed by atoms with Gasteiger partial charge in [0.2, 0.25) is 0 Å². The van der Waals surface area contributed by atoms with Gasteiger partial charge in [-0.15, -0.1) is 0 Å². The average molecular weight is 257 g/mol. The van der Waals surface area contributed by atoms with Crippen molar-refractivity contribution in [1.82, 2.24) is 0 Å². The molecule has 0 unspecified atom stereocenters. The zero-order valence-corrected chi connectivity index (χ0v) is 11.1. The lowest BCUT2D eigenvalue weighted by atomic mass is 10.1. The van der Waals surface area contributed by atoms with Crippen molar-refractivity contribution in [3.8, 4) is 5.75 Å². The molecule has 0 aliphatic carbocycles. The first kappa shape index (κ1) is 13.4. The van der Waals surface area contributed by atoms with Crippen molar-refractivity contribution in [3.05, 3.63) is 59.7 Å². The Morgan fingerprint density at radius 2 is 1.79 bits per heavy atom. The van der Waals surface area contributed by atoms with Crippen LogP contribution in [-0.2, 0) is 17.8 Å². The zero-order valence-electron chi connectivity index (χ0n) is 11.1. The predicted octanol–water partition coefficient (Wildman–Crippen LogP) is 3.04. The van der Waals surface area contributed by atoms with E-state index in [0.29, 0.717) is 13.2 Å². The molecule has 2 N–H and O–H groups in total. The summed E-state index contributed by atoms with van der Waals surface area (Å²) < 4.78 is 10.8. The van der Waals surface area contributed by atoms with E-state index in [1.165, 1.54) is 5.56 Å². The number of hydrogen-bond acceptors (Lipinski definition) is 3. The van der Waals surface area contributed by atoms with Crippen LogP contribution in [0.25, 0.3) is 0 Å². The minimum Gasteiger partial charge on any atom is -0.493 e. The van der Waals surface area contributed by atoms with Gasteiger partial charge in [0, 0.05) is 19.2 Å². The fourth-order valence-electron chi connectivity index (χ4n) is 1.86. The van der Waals surface area contributed by atoms with Crippen molar-refractivity contribution in [2.24, 2.45) is 0 Å². The number of benzene rings is 2. The molecule has 0 heterocycles. The fourth-order valence-corrected chi connectivity index (χ4v) is 1.86. The molecule has 0 aromatic heterocycles. The number of anilines is 1. The minimum absolute atomic E-state index is 0.606. The number of nitrogens with two attached hydrogens (primary N) is 1. The highest BCUT2D eigenvalue weighted by Crippen LogP contribution is 2.14. The minimum atomic E-state index is 0.606. The lowest BCUT2D eigenvalue weighted by Crippen LogP contribution is -2.02. The number of ether oxygens (including phenoxy) is 2. The van der Waals surface area contributed by atoms with Crippen LogP contribution in [0.15, 0.2) is 48.5 Å². The van der Waals surface area contributed by atoms with E-state index in [4.69, 9.17) is 15.2 Å². The molecule has 3 nitrogen and oxygen atoms in total. The van der Waals surface area contributed by atoms with Crippen LogP contribution in [-0.4, -0.2) is 13.7 Å². The van der Waals surface area contributed by atoms with E-state index in [1.54, 1.807) is 7.11 Å². The van der Waals surface area contributed by atoms with Gasteiger partial charge in [-0.25, -0.2) is 0 Å². The van der Waals surface area contributed by atoms with E-state index in [-0.39, 0.29) is 0 Å². The first-order chi connectivity index (χ1) is 9.28. The highest BCUT2D eigenvalue weighted by molar-refractivity contribution is 5.39. The summed E-state index contributed by atoms with van der Waals surface area (Å²) in [7, 11) is 1.69. The molecule has 0 bridgehead atoms. The van der Waals surface area contributed by atoms with Gasteiger partial charge in [-0.05, 0) is 35.4 Å². The van der Waals surface area contributed by atoms with Crippen LogP contribution in [0.2, 0.25) is 0 Å². The van der Waals surface area contributed by atoms with E-state index in [9.17, 15) is 0 Å². The second-order valence-electron chi connectivity index (χ2n) is 4.42. The van der Waals surface area contributed by atoms with Gasteiger partial charge in [0.25, 0.3) is 0 Å². The first-order valence-electron chi connectivity index (χ1n) is 6.33. The lowest BCUT2D eigenvalue weighted by Gasteiger charge is -2.08. The maximum Gasteiger partial charge on any atom is 0.119 e. The predicted molar refractivity (Wildman–Crippen MR) is 77.2 cm³/mol. The van der Waals surface area contributed by atoms with E-state index >= 15 is 0 Å². The Morgan fingerprint density at radius 3 is 2.53 bits per heavy atom. The summed E-state index contributed by atoms with van der Waals surface area (Å²) in [6.07, 6.45) is 0.870. The Labute approximate surface area is 114 Å². The van der Waals surface area contributed by atoms with Crippen molar-refractivity contribution < 1.29 is 9.47 Å². The number of nitrogen functional groups attached to an aromatic ring is 1. The molecule has 0 atom stereocenters. The van der Waals surface area contributed by atoms with Gasteiger partial charge in [0.05, 0.1) is 13.2 Å². The summed E-state index contributed by atoms with van der Waals surface area (Å²) in [4.78, 5) is 0. The Hall–Kier alpha value is -2.00. The van der Waals surface area contributed by atoms with E-state index in [2.05, 4.69) is 0 Å². The van der Waals surface area contributed by atoms with E-state index < -0.39 is 0 Å². The summed E-state index contributed by atoms with van der Waals surface area (Å²) >= 11 is 0. The molecule has 0 saturated carbocycles. The molecule has 0 saturated heterocycles. The van der Waals surface area contributed by atoms with Crippen LogP contribution >= 0.6 is 0 Å². The molecule has 3 heteroatoms. The third-order valence-corrected chi connectivity index (χ3v) is 2.85. The maximum absolute atomic E-state index is 5.74. The molecular formula is C16H19NO2. The second-order valence-corrected chi connectivity index (χ2v) is 4.42. The molecule has 0 radical (unpaired) electrons. The topological polar surface area (TPSA) is 44.5 Å². The number of rotatable bonds is 6. The van der Waals surface area contributed by atoms with Crippen LogP contribution < -0.4 is 10.5 Å². The molecule has 0 fully saturated rings. The molecule has 0 spiro atoms. The van der Waals surface area contributed by atoms with Crippen LogP contribution in [0.5, 0.6) is 5.75 Å². The highest BCUT2D eigenvalue weighted by Gasteiger charge is 1.98. The molecule has 2 aromatic carbocycles. The van der Waals surface area contributed by atoms with Crippen molar-refractivity contribution in [2.75, 3.05) is 19.5 Å². The van der Waals surface area contributed by atoms with Gasteiger partial charge < -0.3 is 15.2 Å². The maximum atomic E-state index is 5.74. The lowest BCUT2D eigenvalue weighted by molar-refractivity contribution is 0.184. The largest absolute Gasteiger partial charge is 0.493 e. The van der Waals surface area contributed by atoms with Crippen LogP contribution in [0, 0.1) is 0 Å². The Bertz CT molecular complexity index is 508. The van der Waals surface area contributed by atoms with Crippen molar-refractivity contribution in [3.63, 3.8) is 0 Å². The molecule has 19 heavy (non-hydrogen) atoms. The van der Waals surface area contributed by atoms with Gasteiger partial charge in [-0.3, -0.25) is 0 Å². The van der Waals surface area contributed by atoms with Crippen molar-refractivity contribution in [2.45, 2.75) is 13.0 Å². The SMILES string of the molecule is COCc1cccc(OCCc2ccc(N)cc2)c1. The number of hydrogen-bond donors (Lipinski definition) is 1. The standard InChI is InChI=1S/C16H19NO2/c1-18-12-14-3-2-4-16(11-14)19-10-9-13-5-7-15(17)8-6-13/h2-8,11H,9-10,12,17H2,1H3. The van der Waals surface area contributed by atoms with Crippen LogP contribution in [0.4, 0.5) is 5.69 Å². The van der Waals surface area contributed by atoms with E-state index in [1.807, 2.05) is 48.5 Å². The second kappa shape index (κ2) is 6.81. The molecule has 100 valence electrons. The Morgan fingerprint density at radius 1 is 1.00 bits per heavy atom.